The number of benzene rings is 3. The Morgan fingerprint density at radius 1 is 0.957 bits per heavy atom. The molecule has 4 atom stereocenters. The van der Waals surface area contributed by atoms with E-state index in [2.05, 4.69) is 60.9 Å². The van der Waals surface area contributed by atoms with Gasteiger partial charge in [0.1, 0.15) is 23.1 Å². The first-order valence-corrected chi connectivity index (χ1v) is 26.3. The lowest BCUT2D eigenvalue weighted by atomic mass is 9.59. The number of ether oxygens (including phenoxy) is 3. The number of aromatic nitrogens is 2. The number of nitro groups is 1. The van der Waals surface area contributed by atoms with Crippen LogP contribution in [0.5, 0.6) is 5.88 Å². The maximum Gasteiger partial charge on any atom is 0.293 e. The van der Waals surface area contributed by atoms with Crippen LogP contribution in [-0.2, 0) is 19.5 Å². The smallest absolute Gasteiger partial charge is 0.293 e. The van der Waals surface area contributed by atoms with E-state index >= 15 is 0 Å². The molecule has 2 aromatic heterocycles. The molecule has 17 nitrogen and oxygen atoms in total. The summed E-state index contributed by atoms with van der Waals surface area (Å²) in [4.78, 5) is 41.0. The van der Waals surface area contributed by atoms with Crippen molar-refractivity contribution in [2.45, 2.75) is 106 Å². The Balaban J connectivity index is 0.879. The van der Waals surface area contributed by atoms with Crippen LogP contribution < -0.4 is 24.6 Å². The number of hydrogen-bond acceptors (Lipinski definition) is 14. The summed E-state index contributed by atoms with van der Waals surface area (Å²) in [6.45, 7) is 8.90. The first-order chi connectivity index (χ1) is 33.7. The minimum atomic E-state index is -4.61. The molecular weight excluding hydrogens is 913 g/mol. The van der Waals surface area contributed by atoms with Crippen LogP contribution in [0.15, 0.2) is 83.9 Å². The average molecular weight is 975 g/mol. The highest BCUT2D eigenvalue weighted by molar-refractivity contribution is 7.90. The number of carbonyl (C=O) groups excluding carboxylic acids is 1. The summed E-state index contributed by atoms with van der Waals surface area (Å²) in [5.41, 5.74) is 4.70. The highest BCUT2D eigenvalue weighted by Crippen LogP contribution is 2.55. The number of aliphatic hydroxyl groups is 1. The Morgan fingerprint density at radius 3 is 2.53 bits per heavy atom. The number of rotatable bonds is 11. The van der Waals surface area contributed by atoms with Gasteiger partial charge in [-0.1, -0.05) is 24.3 Å². The molecule has 1 spiro atoms. The number of hydrogen-bond donors (Lipinski definition) is 4. The van der Waals surface area contributed by atoms with Gasteiger partial charge in [0.05, 0.1) is 39.3 Å². The molecule has 7 heterocycles. The number of carbonyl (C=O) groups is 1. The predicted octanol–water partition coefficient (Wildman–Crippen LogP) is 7.76. The Labute approximate surface area is 408 Å². The van der Waals surface area contributed by atoms with Crippen molar-refractivity contribution in [2.24, 2.45) is 11.3 Å². The van der Waals surface area contributed by atoms with Crippen molar-refractivity contribution < 1.29 is 37.5 Å². The molecule has 4 N–H and O–H groups in total. The molecule has 5 aliphatic heterocycles. The quantitative estimate of drug-likeness (QED) is 0.0738. The fourth-order valence-electron chi connectivity index (χ4n) is 12.2. The van der Waals surface area contributed by atoms with E-state index in [9.17, 15) is 28.4 Å². The van der Waals surface area contributed by atoms with Gasteiger partial charge in [0.2, 0.25) is 5.88 Å². The van der Waals surface area contributed by atoms with Gasteiger partial charge in [-0.15, -0.1) is 0 Å². The molecule has 70 heavy (non-hydrogen) atoms. The number of amides is 1. The van der Waals surface area contributed by atoms with E-state index in [1.165, 1.54) is 23.3 Å². The second-order valence-corrected chi connectivity index (χ2v) is 22.5. The normalized spacial score (nSPS) is 25.2. The number of nitrogens with zero attached hydrogens (tertiary/aromatic N) is 5. The van der Waals surface area contributed by atoms with Gasteiger partial charge in [-0.05, 0) is 137 Å². The van der Waals surface area contributed by atoms with Crippen molar-refractivity contribution in [3.05, 3.63) is 106 Å². The highest BCUT2D eigenvalue weighted by atomic mass is 32.2. The molecule has 1 saturated carbocycles. The van der Waals surface area contributed by atoms with Crippen LogP contribution in [0.25, 0.3) is 11.0 Å². The number of fused-ring (bicyclic) bond motifs is 3. The zero-order valence-electron chi connectivity index (χ0n) is 39.8. The number of β-amino-alcohol motifs (C(OH)–C–C–N with tert-alkyl or cyclic N) is 1. The molecule has 18 heteroatoms. The van der Waals surface area contributed by atoms with Crippen molar-refractivity contribution in [1.29, 1.82) is 0 Å². The first kappa shape index (κ1) is 46.6. The van der Waals surface area contributed by atoms with E-state index in [4.69, 9.17) is 19.2 Å². The number of aromatic amines is 1. The van der Waals surface area contributed by atoms with E-state index in [1.807, 2.05) is 31.2 Å². The summed E-state index contributed by atoms with van der Waals surface area (Å²) in [5, 5.41) is 27.6. The summed E-state index contributed by atoms with van der Waals surface area (Å²) in [7, 11) is -4.61. The van der Waals surface area contributed by atoms with Crippen LogP contribution in [0.2, 0.25) is 0 Å². The van der Waals surface area contributed by atoms with Crippen LogP contribution in [0.3, 0.4) is 0 Å². The maximum absolute atomic E-state index is 14.7. The standard InChI is InChI=1S/C52H62N8O9S/c1-33-5-3-4-6-39(33)42-11-16-51(2,62)32-58(42)37-28-52(29-37)17-20-57(21-18-52)36-7-9-40(44(26-36)59-43-15-24-68-31-47(43)69-50-46(59)25-35-12-19-53-48(35)55-50)49(61)56-70(65,66)38-8-10-41(45(27-38)60(63)64)54-30-34-13-22-67-23-14-34/h3-10,12,19,25-27,34,37,42-43,47,54,62H,11,13-18,20-24,28-32H2,1-2H3,(H,53,55)(H,56,61)/t42-,43+,47+,51-/m1/s1. The molecule has 0 radical (unpaired) electrons. The molecule has 1 aliphatic carbocycles. The number of anilines is 4. The lowest BCUT2D eigenvalue weighted by molar-refractivity contribution is -0.384. The summed E-state index contributed by atoms with van der Waals surface area (Å²) in [5.74, 6) is -0.248. The molecule has 11 rings (SSSR count). The number of sulfonamides is 1. The lowest BCUT2D eigenvalue weighted by Crippen LogP contribution is -2.60. The summed E-state index contributed by atoms with van der Waals surface area (Å²) in [6, 6.07) is 22.2. The van der Waals surface area contributed by atoms with Crippen LogP contribution in [0.4, 0.5) is 28.4 Å². The van der Waals surface area contributed by atoms with Crippen LogP contribution in [0, 0.1) is 28.4 Å². The van der Waals surface area contributed by atoms with Gasteiger partial charge in [0.15, 0.2) is 0 Å². The number of nitro benzene ring substituents is 1. The van der Waals surface area contributed by atoms with E-state index in [-0.39, 0.29) is 34.7 Å². The van der Waals surface area contributed by atoms with Gasteiger partial charge in [-0.3, -0.25) is 19.8 Å². The van der Waals surface area contributed by atoms with Gasteiger partial charge < -0.3 is 39.4 Å². The van der Waals surface area contributed by atoms with E-state index in [1.54, 1.807) is 12.3 Å². The second-order valence-electron chi connectivity index (χ2n) is 20.8. The molecule has 6 aliphatic rings. The van der Waals surface area contributed by atoms with Crippen molar-refractivity contribution in [1.82, 2.24) is 19.6 Å². The Hall–Kier alpha value is -5.79. The first-order valence-electron chi connectivity index (χ1n) is 24.8. The predicted molar refractivity (Wildman–Crippen MR) is 265 cm³/mol. The Kier molecular flexibility index (Phi) is 12.3. The van der Waals surface area contributed by atoms with E-state index in [0.29, 0.717) is 74.9 Å². The fourth-order valence-corrected chi connectivity index (χ4v) is 13.2. The largest absolute Gasteiger partial charge is 0.468 e. The Morgan fingerprint density at radius 2 is 1.74 bits per heavy atom. The Bertz CT molecular complexity index is 2910. The fraction of sp³-hybridized carbons (Fsp3) is 0.500. The van der Waals surface area contributed by atoms with Gasteiger partial charge in [0.25, 0.3) is 21.6 Å². The molecule has 1 amide bonds. The second kappa shape index (κ2) is 18.4. The van der Waals surface area contributed by atoms with Gasteiger partial charge >= 0.3 is 0 Å². The van der Waals surface area contributed by atoms with Crippen molar-refractivity contribution >= 4 is 55.4 Å². The van der Waals surface area contributed by atoms with Crippen molar-refractivity contribution in [2.75, 3.05) is 67.7 Å². The van der Waals surface area contributed by atoms with E-state index in [0.717, 1.165) is 81.6 Å². The molecular formula is C52H62N8O9S. The minimum absolute atomic E-state index is 0.111. The molecule has 4 saturated heterocycles. The molecule has 5 fully saturated rings. The van der Waals surface area contributed by atoms with Gasteiger partial charge in [0, 0.05) is 81.4 Å². The molecule has 0 unspecified atom stereocenters. The minimum Gasteiger partial charge on any atom is -0.468 e. The van der Waals surface area contributed by atoms with Crippen LogP contribution >= 0.6 is 0 Å². The molecule has 5 aromatic rings. The number of aryl methyl sites for hydroxylation is 1. The zero-order chi connectivity index (χ0) is 48.4. The third kappa shape index (κ3) is 8.97. The topological polar surface area (TPSA) is 205 Å². The zero-order valence-corrected chi connectivity index (χ0v) is 40.6. The maximum atomic E-state index is 14.7. The van der Waals surface area contributed by atoms with Crippen LogP contribution in [0.1, 0.15) is 92.2 Å². The monoisotopic (exact) mass is 974 g/mol. The molecule has 0 bridgehead atoms. The molecule has 3 aromatic carbocycles. The number of nitrogens with one attached hydrogen (secondary N) is 3. The lowest BCUT2D eigenvalue weighted by Gasteiger charge is -2.59. The number of piperidine rings is 2. The number of H-pyrrole nitrogens is 1. The summed E-state index contributed by atoms with van der Waals surface area (Å²) < 4.78 is 48.4. The summed E-state index contributed by atoms with van der Waals surface area (Å²) in [6.07, 6.45) is 9.43. The number of pyridine rings is 1. The summed E-state index contributed by atoms with van der Waals surface area (Å²) >= 11 is 0. The SMILES string of the molecule is Cc1ccccc1[C@H]1CC[C@@](C)(O)CN1C1CC2(CCN(c3ccc(C(=O)NS(=O)(=O)c4ccc(NCC5CCOCC5)c([N+](=O)[O-])c4)c(N4c5cc6cc[nH]c6nc5O[C@H]5COCC[C@@H]54)c3)CC2)C1. The third-order valence-electron chi connectivity index (χ3n) is 16.1. The van der Waals surface area contributed by atoms with E-state index < -0.39 is 43.1 Å². The number of likely N-dealkylation sites (tertiary alicyclic amines) is 1. The average Bonchev–Trinajstić information content (AvgIpc) is 3.81. The third-order valence-corrected chi connectivity index (χ3v) is 17.5. The van der Waals surface area contributed by atoms with Gasteiger partial charge in [-0.2, -0.15) is 4.98 Å². The highest BCUT2D eigenvalue weighted by Gasteiger charge is 2.51. The van der Waals surface area contributed by atoms with Crippen molar-refractivity contribution in [3.63, 3.8) is 0 Å². The van der Waals surface area contributed by atoms with Crippen LogP contribution in [-0.4, -0.2) is 116 Å². The van der Waals surface area contributed by atoms with Gasteiger partial charge in [-0.25, -0.2) is 13.1 Å². The van der Waals surface area contributed by atoms with Crippen molar-refractivity contribution in [3.8, 4) is 5.88 Å². The molecule has 370 valence electrons.